The first-order valence-corrected chi connectivity index (χ1v) is 10.3. The lowest BCUT2D eigenvalue weighted by atomic mass is 10.1. The van der Waals surface area contributed by atoms with Crippen LogP contribution < -0.4 is 10.2 Å². The highest BCUT2D eigenvalue weighted by atomic mass is 16.5. The van der Waals surface area contributed by atoms with E-state index in [1.165, 1.54) is 0 Å². The lowest BCUT2D eigenvalue weighted by Crippen LogP contribution is -2.28. The number of hydrogen-bond donors (Lipinski definition) is 1. The Labute approximate surface area is 177 Å². The summed E-state index contributed by atoms with van der Waals surface area (Å²) >= 11 is 0. The maximum Gasteiger partial charge on any atom is 0.338 e. The second-order valence-corrected chi connectivity index (χ2v) is 7.75. The van der Waals surface area contributed by atoms with Crippen molar-refractivity contribution in [1.82, 2.24) is 0 Å². The van der Waals surface area contributed by atoms with Gasteiger partial charge in [-0.05, 0) is 56.2 Å². The third-order valence-corrected chi connectivity index (χ3v) is 5.26. The first-order valence-electron chi connectivity index (χ1n) is 10.3. The molecule has 2 aromatic rings. The molecule has 3 rings (SSSR count). The number of nitrogens with one attached hydrogen (secondary N) is 1. The summed E-state index contributed by atoms with van der Waals surface area (Å²) in [6, 6.07) is 12.5. The number of nitrogens with zero attached hydrogens (tertiary/aromatic N) is 1. The summed E-state index contributed by atoms with van der Waals surface area (Å²) in [4.78, 5) is 38.8. The molecule has 1 N–H and O–H groups in total. The zero-order valence-corrected chi connectivity index (χ0v) is 17.7. The van der Waals surface area contributed by atoms with Gasteiger partial charge in [-0.3, -0.25) is 9.59 Å². The van der Waals surface area contributed by atoms with Crippen LogP contribution in [0, 0.1) is 19.8 Å². The fourth-order valence-corrected chi connectivity index (χ4v) is 3.55. The molecule has 1 saturated heterocycles. The maximum absolute atomic E-state index is 12.7. The number of carbonyl (C=O) groups is 3. The van der Waals surface area contributed by atoms with Crippen LogP contribution in [0.4, 0.5) is 11.4 Å². The van der Waals surface area contributed by atoms with Gasteiger partial charge in [0.1, 0.15) is 0 Å². The van der Waals surface area contributed by atoms with Gasteiger partial charge in [0, 0.05) is 24.3 Å². The monoisotopic (exact) mass is 408 g/mol. The molecule has 1 aliphatic rings. The standard InChI is InChI=1S/C24H28N2O4/c1-4-5-12-30-24(29)18-7-9-20(10-8-18)25-23(28)19-14-22(27)26(15-19)21-11-6-16(2)13-17(21)3/h6-11,13,19H,4-5,12,14-15H2,1-3H3,(H,25,28)/t19-/m1/s1. The van der Waals surface area contributed by atoms with Gasteiger partial charge < -0.3 is 15.0 Å². The number of hydrogen-bond acceptors (Lipinski definition) is 4. The highest BCUT2D eigenvalue weighted by molar-refractivity contribution is 6.04. The normalized spacial score (nSPS) is 15.9. The van der Waals surface area contributed by atoms with Gasteiger partial charge in [0.15, 0.2) is 0 Å². The minimum atomic E-state index is -0.420. The third-order valence-electron chi connectivity index (χ3n) is 5.26. The molecule has 0 bridgehead atoms. The second-order valence-electron chi connectivity index (χ2n) is 7.75. The Morgan fingerprint density at radius 2 is 1.87 bits per heavy atom. The molecule has 1 fully saturated rings. The number of ether oxygens (including phenoxy) is 1. The highest BCUT2D eigenvalue weighted by Gasteiger charge is 2.35. The van der Waals surface area contributed by atoms with E-state index in [2.05, 4.69) is 5.32 Å². The Balaban J connectivity index is 1.60. The van der Waals surface area contributed by atoms with Gasteiger partial charge in [0.25, 0.3) is 0 Å². The van der Waals surface area contributed by atoms with Crippen LogP contribution in [0.25, 0.3) is 0 Å². The van der Waals surface area contributed by atoms with Crippen LogP contribution in [-0.2, 0) is 14.3 Å². The molecule has 0 radical (unpaired) electrons. The second kappa shape index (κ2) is 9.57. The smallest absolute Gasteiger partial charge is 0.338 e. The van der Waals surface area contributed by atoms with E-state index in [4.69, 9.17) is 4.74 Å². The Morgan fingerprint density at radius 1 is 1.13 bits per heavy atom. The van der Waals surface area contributed by atoms with Crippen molar-refractivity contribution >= 4 is 29.2 Å². The molecular weight excluding hydrogens is 380 g/mol. The first-order chi connectivity index (χ1) is 14.4. The number of rotatable bonds is 7. The molecular formula is C24H28N2O4. The fourth-order valence-electron chi connectivity index (χ4n) is 3.55. The van der Waals surface area contributed by atoms with E-state index in [1.807, 2.05) is 39.0 Å². The van der Waals surface area contributed by atoms with Crippen LogP contribution in [0.5, 0.6) is 0 Å². The molecule has 0 unspecified atom stereocenters. The maximum atomic E-state index is 12.7. The van der Waals surface area contributed by atoms with E-state index >= 15 is 0 Å². The summed E-state index contributed by atoms with van der Waals surface area (Å²) in [5, 5.41) is 2.85. The molecule has 2 amide bonds. The SMILES string of the molecule is CCCCOC(=O)c1ccc(NC(=O)[C@@H]2CC(=O)N(c3ccc(C)cc3C)C2)cc1. The summed E-state index contributed by atoms with van der Waals surface area (Å²) in [6.45, 7) is 6.77. The summed E-state index contributed by atoms with van der Waals surface area (Å²) in [7, 11) is 0. The molecule has 6 nitrogen and oxygen atoms in total. The zero-order valence-electron chi connectivity index (χ0n) is 17.7. The van der Waals surface area contributed by atoms with Crippen molar-refractivity contribution in [2.75, 3.05) is 23.4 Å². The number of esters is 1. The van der Waals surface area contributed by atoms with E-state index in [0.29, 0.717) is 24.4 Å². The molecule has 0 aliphatic carbocycles. The number of benzene rings is 2. The third kappa shape index (κ3) is 5.06. The van der Waals surface area contributed by atoms with Gasteiger partial charge >= 0.3 is 5.97 Å². The average Bonchev–Trinajstić information content (AvgIpc) is 3.10. The Hall–Kier alpha value is -3.15. The molecule has 6 heteroatoms. The van der Waals surface area contributed by atoms with Gasteiger partial charge in [0.05, 0.1) is 18.1 Å². The number of anilines is 2. The van der Waals surface area contributed by atoms with Crippen LogP contribution in [0.3, 0.4) is 0 Å². The molecule has 1 heterocycles. The van der Waals surface area contributed by atoms with Crippen LogP contribution in [-0.4, -0.2) is 30.9 Å². The molecule has 1 aliphatic heterocycles. The Kier molecular flexibility index (Phi) is 6.87. The molecule has 1 atom stereocenters. The minimum absolute atomic E-state index is 0.0488. The van der Waals surface area contributed by atoms with Crippen molar-refractivity contribution < 1.29 is 19.1 Å². The van der Waals surface area contributed by atoms with Crippen LogP contribution in [0.1, 0.15) is 47.7 Å². The van der Waals surface area contributed by atoms with Crippen LogP contribution in [0.2, 0.25) is 0 Å². The summed E-state index contributed by atoms with van der Waals surface area (Å²) < 4.78 is 5.18. The number of carbonyl (C=O) groups excluding carboxylic acids is 3. The Morgan fingerprint density at radius 3 is 2.53 bits per heavy atom. The molecule has 158 valence electrons. The van der Waals surface area contributed by atoms with E-state index < -0.39 is 5.92 Å². The van der Waals surface area contributed by atoms with Crippen molar-refractivity contribution in [2.24, 2.45) is 5.92 Å². The number of unbranched alkanes of at least 4 members (excludes halogenated alkanes) is 1. The van der Waals surface area contributed by atoms with Crippen molar-refractivity contribution in [3.8, 4) is 0 Å². The molecule has 2 aromatic carbocycles. The van der Waals surface area contributed by atoms with Gasteiger partial charge in [-0.1, -0.05) is 31.0 Å². The minimum Gasteiger partial charge on any atom is -0.462 e. The van der Waals surface area contributed by atoms with Gasteiger partial charge in [-0.2, -0.15) is 0 Å². The molecule has 0 spiro atoms. The summed E-state index contributed by atoms with van der Waals surface area (Å²) in [5.74, 6) is -1.04. The van der Waals surface area contributed by atoms with Gasteiger partial charge in [-0.15, -0.1) is 0 Å². The summed E-state index contributed by atoms with van der Waals surface area (Å²) in [6.07, 6.45) is 1.98. The highest BCUT2D eigenvalue weighted by Crippen LogP contribution is 2.29. The van der Waals surface area contributed by atoms with E-state index in [1.54, 1.807) is 29.2 Å². The topological polar surface area (TPSA) is 75.7 Å². The van der Waals surface area contributed by atoms with Gasteiger partial charge in [0.2, 0.25) is 11.8 Å². The molecule has 30 heavy (non-hydrogen) atoms. The van der Waals surface area contributed by atoms with Crippen molar-refractivity contribution in [3.63, 3.8) is 0 Å². The largest absolute Gasteiger partial charge is 0.462 e. The fraction of sp³-hybridized carbons (Fsp3) is 0.375. The van der Waals surface area contributed by atoms with Gasteiger partial charge in [-0.25, -0.2) is 4.79 Å². The molecule has 0 aromatic heterocycles. The lowest BCUT2D eigenvalue weighted by Gasteiger charge is -2.19. The first kappa shape index (κ1) is 21.6. The van der Waals surface area contributed by atoms with Crippen molar-refractivity contribution in [1.29, 1.82) is 0 Å². The zero-order chi connectivity index (χ0) is 21.7. The average molecular weight is 408 g/mol. The van der Waals surface area contributed by atoms with Crippen LogP contribution in [0.15, 0.2) is 42.5 Å². The van der Waals surface area contributed by atoms with E-state index in [0.717, 1.165) is 29.7 Å². The van der Waals surface area contributed by atoms with Crippen LogP contribution >= 0.6 is 0 Å². The van der Waals surface area contributed by atoms with E-state index in [9.17, 15) is 14.4 Å². The lowest BCUT2D eigenvalue weighted by molar-refractivity contribution is -0.122. The molecule has 0 saturated carbocycles. The number of aryl methyl sites for hydroxylation is 2. The predicted molar refractivity (Wildman–Crippen MR) is 117 cm³/mol. The van der Waals surface area contributed by atoms with E-state index in [-0.39, 0.29) is 24.2 Å². The quantitative estimate of drug-likeness (QED) is 0.549. The Bertz CT molecular complexity index is 937. The predicted octanol–water partition coefficient (Wildman–Crippen LogP) is 4.25. The number of amides is 2. The summed E-state index contributed by atoms with van der Waals surface area (Å²) in [5.41, 5.74) is 4.04. The van der Waals surface area contributed by atoms with Crippen molar-refractivity contribution in [2.45, 2.75) is 40.0 Å². The van der Waals surface area contributed by atoms with Crippen molar-refractivity contribution in [3.05, 3.63) is 59.2 Å².